The Kier molecular flexibility index (Phi) is 2.79. The zero-order valence-corrected chi connectivity index (χ0v) is 9.82. The summed E-state index contributed by atoms with van der Waals surface area (Å²) in [5.74, 6) is 0. The Morgan fingerprint density at radius 3 is 2.39 bits per heavy atom. The van der Waals surface area contributed by atoms with Crippen LogP contribution in [0.2, 0.25) is 0 Å². The van der Waals surface area contributed by atoms with E-state index in [0.717, 1.165) is 21.9 Å². The topological polar surface area (TPSA) is 33.1 Å². The van der Waals surface area contributed by atoms with E-state index in [1.54, 1.807) is 6.20 Å². The van der Waals surface area contributed by atoms with Gasteiger partial charge in [0.15, 0.2) is 0 Å². The zero-order chi connectivity index (χ0) is 12.4. The lowest BCUT2D eigenvalue weighted by Gasteiger charge is -2.13. The maximum Gasteiger partial charge on any atom is 0.106 e. The molecule has 2 aromatic carbocycles. The first-order valence-electron chi connectivity index (χ1n) is 5.92. The van der Waals surface area contributed by atoms with Crippen molar-refractivity contribution in [2.45, 2.75) is 6.10 Å². The molecule has 0 radical (unpaired) electrons. The number of rotatable bonds is 2. The highest BCUT2D eigenvalue weighted by molar-refractivity contribution is 5.85. The Bertz CT molecular complexity index is 659. The molecule has 1 heterocycles. The molecule has 1 atom stereocenters. The van der Waals surface area contributed by atoms with Gasteiger partial charge in [-0.05, 0) is 10.9 Å². The molecule has 0 aliphatic carbocycles. The number of aromatic nitrogens is 1. The predicted molar refractivity (Wildman–Crippen MR) is 72.2 cm³/mol. The smallest absolute Gasteiger partial charge is 0.106 e. The quantitative estimate of drug-likeness (QED) is 0.739. The number of nitrogens with zero attached hydrogens (tertiary/aromatic N) is 1. The Labute approximate surface area is 106 Å². The molecule has 0 amide bonds. The lowest BCUT2D eigenvalue weighted by molar-refractivity contribution is 0.221. The van der Waals surface area contributed by atoms with Crippen molar-refractivity contribution in [1.29, 1.82) is 0 Å². The lowest BCUT2D eigenvalue weighted by Crippen LogP contribution is -2.00. The van der Waals surface area contributed by atoms with Gasteiger partial charge in [-0.3, -0.25) is 4.98 Å². The van der Waals surface area contributed by atoms with E-state index in [1.807, 2.05) is 60.8 Å². The van der Waals surface area contributed by atoms with Crippen molar-refractivity contribution in [3.8, 4) is 0 Å². The second-order valence-corrected chi connectivity index (χ2v) is 4.26. The van der Waals surface area contributed by atoms with E-state index in [1.165, 1.54) is 0 Å². The first-order valence-corrected chi connectivity index (χ1v) is 5.92. The molecule has 1 aromatic heterocycles. The number of pyridine rings is 1. The molecule has 88 valence electrons. The van der Waals surface area contributed by atoms with Crippen LogP contribution in [-0.2, 0) is 0 Å². The largest absolute Gasteiger partial charge is 0.384 e. The highest BCUT2D eigenvalue weighted by Gasteiger charge is 2.13. The summed E-state index contributed by atoms with van der Waals surface area (Å²) < 4.78 is 0. The number of benzene rings is 2. The molecular weight excluding hydrogens is 222 g/mol. The van der Waals surface area contributed by atoms with E-state index in [4.69, 9.17) is 0 Å². The summed E-state index contributed by atoms with van der Waals surface area (Å²) in [7, 11) is 0. The van der Waals surface area contributed by atoms with E-state index in [2.05, 4.69) is 4.98 Å². The van der Waals surface area contributed by atoms with Crippen molar-refractivity contribution in [3.63, 3.8) is 0 Å². The van der Waals surface area contributed by atoms with E-state index in [0.29, 0.717) is 0 Å². The summed E-state index contributed by atoms with van der Waals surface area (Å²) in [5.41, 5.74) is 1.73. The van der Waals surface area contributed by atoms with Crippen molar-refractivity contribution < 1.29 is 5.11 Å². The second-order valence-electron chi connectivity index (χ2n) is 4.26. The molecule has 0 fully saturated rings. The van der Waals surface area contributed by atoms with Gasteiger partial charge in [-0.25, -0.2) is 0 Å². The number of aliphatic hydroxyl groups is 1. The maximum absolute atomic E-state index is 10.4. The fourth-order valence-corrected chi connectivity index (χ4v) is 2.17. The molecule has 18 heavy (non-hydrogen) atoms. The van der Waals surface area contributed by atoms with Crippen LogP contribution >= 0.6 is 0 Å². The highest BCUT2D eigenvalue weighted by atomic mass is 16.3. The minimum absolute atomic E-state index is 0.634. The Morgan fingerprint density at radius 2 is 1.56 bits per heavy atom. The van der Waals surface area contributed by atoms with Gasteiger partial charge in [0.1, 0.15) is 6.10 Å². The Balaban J connectivity index is 2.15. The number of hydrogen-bond donors (Lipinski definition) is 1. The van der Waals surface area contributed by atoms with Crippen LogP contribution in [0.3, 0.4) is 0 Å². The van der Waals surface area contributed by atoms with Crippen LogP contribution in [0.15, 0.2) is 67.0 Å². The van der Waals surface area contributed by atoms with Crippen molar-refractivity contribution in [2.75, 3.05) is 0 Å². The normalized spacial score (nSPS) is 12.5. The lowest BCUT2D eigenvalue weighted by atomic mass is 9.98. The third kappa shape index (κ3) is 1.87. The van der Waals surface area contributed by atoms with Crippen LogP contribution < -0.4 is 0 Å². The van der Waals surface area contributed by atoms with E-state index in [9.17, 15) is 5.11 Å². The van der Waals surface area contributed by atoms with Gasteiger partial charge in [0.2, 0.25) is 0 Å². The van der Waals surface area contributed by atoms with Gasteiger partial charge >= 0.3 is 0 Å². The van der Waals surface area contributed by atoms with E-state index < -0.39 is 6.10 Å². The summed E-state index contributed by atoms with van der Waals surface area (Å²) in [4.78, 5) is 4.20. The second kappa shape index (κ2) is 4.59. The third-order valence-corrected chi connectivity index (χ3v) is 3.11. The Hall–Kier alpha value is -2.19. The molecule has 1 unspecified atom stereocenters. The highest BCUT2D eigenvalue weighted by Crippen LogP contribution is 2.27. The zero-order valence-electron chi connectivity index (χ0n) is 9.82. The van der Waals surface area contributed by atoms with Crippen LogP contribution in [0.4, 0.5) is 0 Å². The van der Waals surface area contributed by atoms with Gasteiger partial charge in [0.05, 0.1) is 0 Å². The summed E-state index contributed by atoms with van der Waals surface area (Å²) in [5, 5.41) is 12.5. The fraction of sp³-hybridized carbons (Fsp3) is 0.0625. The van der Waals surface area contributed by atoms with Crippen molar-refractivity contribution >= 4 is 10.8 Å². The minimum Gasteiger partial charge on any atom is -0.384 e. The molecule has 0 aliphatic rings. The van der Waals surface area contributed by atoms with Gasteiger partial charge in [-0.2, -0.15) is 0 Å². The van der Waals surface area contributed by atoms with Crippen LogP contribution in [0.1, 0.15) is 17.2 Å². The molecular formula is C16H13NO. The first kappa shape index (κ1) is 10.9. The van der Waals surface area contributed by atoms with Crippen LogP contribution in [-0.4, -0.2) is 10.1 Å². The minimum atomic E-state index is -0.634. The molecule has 0 bridgehead atoms. The van der Waals surface area contributed by atoms with Gasteiger partial charge in [0.25, 0.3) is 0 Å². The average molecular weight is 235 g/mol. The fourth-order valence-electron chi connectivity index (χ4n) is 2.17. The maximum atomic E-state index is 10.4. The van der Waals surface area contributed by atoms with Crippen molar-refractivity contribution in [2.24, 2.45) is 0 Å². The average Bonchev–Trinajstić information content (AvgIpc) is 2.47. The molecule has 3 aromatic rings. The van der Waals surface area contributed by atoms with Crippen LogP contribution in [0.5, 0.6) is 0 Å². The van der Waals surface area contributed by atoms with Crippen molar-refractivity contribution in [3.05, 3.63) is 78.1 Å². The Morgan fingerprint density at radius 1 is 0.833 bits per heavy atom. The molecule has 0 aliphatic heterocycles. The molecule has 3 rings (SSSR count). The number of aliphatic hydroxyl groups excluding tert-OH is 1. The molecule has 2 heteroatoms. The van der Waals surface area contributed by atoms with Crippen LogP contribution in [0.25, 0.3) is 10.8 Å². The van der Waals surface area contributed by atoms with E-state index in [-0.39, 0.29) is 0 Å². The molecule has 0 spiro atoms. The summed E-state index contributed by atoms with van der Waals surface area (Å²) >= 11 is 0. The molecule has 1 N–H and O–H groups in total. The van der Waals surface area contributed by atoms with E-state index >= 15 is 0 Å². The third-order valence-electron chi connectivity index (χ3n) is 3.11. The summed E-state index contributed by atoms with van der Waals surface area (Å²) in [6.45, 7) is 0. The molecule has 0 saturated heterocycles. The standard InChI is InChI=1S/C16H13NO/c18-16(12-6-2-1-3-7-12)15-11-17-10-13-8-4-5-9-14(13)15/h1-11,16,18H. The van der Waals surface area contributed by atoms with Crippen molar-refractivity contribution in [1.82, 2.24) is 4.98 Å². The summed E-state index contributed by atoms with van der Waals surface area (Å²) in [6.07, 6.45) is 2.92. The van der Waals surface area contributed by atoms with Gasteiger partial charge in [0, 0.05) is 23.3 Å². The van der Waals surface area contributed by atoms with Gasteiger partial charge in [-0.1, -0.05) is 54.6 Å². The number of hydrogen-bond acceptors (Lipinski definition) is 2. The SMILES string of the molecule is OC(c1ccccc1)c1cncc2ccccc12. The van der Waals surface area contributed by atoms with Gasteiger partial charge < -0.3 is 5.11 Å². The van der Waals surface area contributed by atoms with Crippen LogP contribution in [0, 0.1) is 0 Å². The molecule has 2 nitrogen and oxygen atoms in total. The van der Waals surface area contributed by atoms with Gasteiger partial charge in [-0.15, -0.1) is 0 Å². The number of fused-ring (bicyclic) bond motifs is 1. The molecule has 0 saturated carbocycles. The summed E-state index contributed by atoms with van der Waals surface area (Å²) in [6, 6.07) is 17.6. The monoisotopic (exact) mass is 235 g/mol. The first-order chi connectivity index (χ1) is 8.86. The predicted octanol–water partition coefficient (Wildman–Crippen LogP) is 3.32.